The van der Waals surface area contributed by atoms with Gasteiger partial charge in [-0.2, -0.15) is 5.10 Å². The highest BCUT2D eigenvalue weighted by Crippen LogP contribution is 2.31. The molecule has 7 heteroatoms. The Morgan fingerprint density at radius 1 is 1.38 bits per heavy atom. The first-order valence-electron chi connectivity index (χ1n) is 7.22. The molecule has 0 unspecified atom stereocenters. The van der Waals surface area contributed by atoms with E-state index in [-0.39, 0.29) is 5.91 Å². The Bertz CT molecular complexity index is 672. The predicted octanol–water partition coefficient (Wildman–Crippen LogP) is 1.84. The molecule has 0 spiro atoms. The van der Waals surface area contributed by atoms with Crippen molar-refractivity contribution in [3.63, 3.8) is 0 Å². The Kier molecular flexibility index (Phi) is 2.95. The van der Waals surface area contributed by atoms with Gasteiger partial charge in [-0.1, -0.05) is 0 Å². The number of hydrogen-bond donors (Lipinski definition) is 0. The summed E-state index contributed by atoms with van der Waals surface area (Å²) < 4.78 is 1.98. The lowest BCUT2D eigenvalue weighted by Crippen LogP contribution is -2.48. The largest absolute Gasteiger partial charge is 0.344 e. The molecule has 0 aliphatic carbocycles. The van der Waals surface area contributed by atoms with E-state index < -0.39 is 0 Å². The van der Waals surface area contributed by atoms with Crippen LogP contribution >= 0.6 is 11.3 Å². The average molecular weight is 303 g/mol. The standard InChI is InChI=1S/C14H17N5OS/c1-10-9-21-14(16-10)17-6-12(7-17)19-8-11(5-15-19)18-4-2-3-13(18)20/h5,8-9,12H,2-4,6-7H2,1H3. The minimum Gasteiger partial charge on any atom is -0.344 e. The molecule has 21 heavy (non-hydrogen) atoms. The van der Waals surface area contributed by atoms with Crippen molar-refractivity contribution < 1.29 is 4.79 Å². The lowest BCUT2D eigenvalue weighted by atomic mass is 10.1. The summed E-state index contributed by atoms with van der Waals surface area (Å²) in [4.78, 5) is 20.4. The Balaban J connectivity index is 1.42. The van der Waals surface area contributed by atoms with Crippen LogP contribution in [0.15, 0.2) is 17.8 Å². The molecule has 0 saturated carbocycles. The Morgan fingerprint density at radius 2 is 2.24 bits per heavy atom. The minimum absolute atomic E-state index is 0.211. The molecule has 110 valence electrons. The molecule has 6 nitrogen and oxygen atoms in total. The zero-order valence-corrected chi connectivity index (χ0v) is 12.7. The highest BCUT2D eigenvalue weighted by Gasteiger charge is 2.31. The fourth-order valence-corrected chi connectivity index (χ4v) is 3.68. The van der Waals surface area contributed by atoms with Crippen LogP contribution in [-0.2, 0) is 4.79 Å². The Labute approximate surface area is 127 Å². The molecule has 0 aromatic carbocycles. The van der Waals surface area contributed by atoms with Gasteiger partial charge in [-0.25, -0.2) is 4.98 Å². The molecule has 2 fully saturated rings. The van der Waals surface area contributed by atoms with Crippen molar-refractivity contribution in [1.29, 1.82) is 0 Å². The monoisotopic (exact) mass is 303 g/mol. The van der Waals surface area contributed by atoms with Gasteiger partial charge in [0.2, 0.25) is 5.91 Å². The van der Waals surface area contributed by atoms with Crippen molar-refractivity contribution in [1.82, 2.24) is 14.8 Å². The van der Waals surface area contributed by atoms with E-state index in [9.17, 15) is 4.79 Å². The molecule has 2 aliphatic heterocycles. The lowest BCUT2D eigenvalue weighted by Gasteiger charge is -2.39. The van der Waals surface area contributed by atoms with Gasteiger partial charge in [-0.05, 0) is 13.3 Å². The molecule has 4 rings (SSSR count). The number of hydrogen-bond acceptors (Lipinski definition) is 5. The minimum atomic E-state index is 0.211. The highest BCUT2D eigenvalue weighted by atomic mass is 32.1. The van der Waals surface area contributed by atoms with Crippen LogP contribution in [-0.4, -0.2) is 40.3 Å². The third kappa shape index (κ3) is 2.21. The maximum absolute atomic E-state index is 11.8. The summed E-state index contributed by atoms with van der Waals surface area (Å²) in [7, 11) is 0. The first-order chi connectivity index (χ1) is 10.2. The van der Waals surface area contributed by atoms with E-state index in [0.29, 0.717) is 12.5 Å². The van der Waals surface area contributed by atoms with Gasteiger partial charge < -0.3 is 9.80 Å². The van der Waals surface area contributed by atoms with Crippen LogP contribution in [0.2, 0.25) is 0 Å². The summed E-state index contributed by atoms with van der Waals surface area (Å²) in [5, 5.41) is 7.60. The third-order valence-corrected chi connectivity index (χ3v) is 5.11. The van der Waals surface area contributed by atoms with E-state index in [1.54, 1.807) is 17.5 Å². The first-order valence-corrected chi connectivity index (χ1v) is 8.10. The number of nitrogens with zero attached hydrogens (tertiary/aromatic N) is 5. The molecule has 2 saturated heterocycles. The average Bonchev–Trinajstić information content (AvgIpc) is 3.10. The van der Waals surface area contributed by atoms with Gasteiger partial charge in [0, 0.05) is 37.6 Å². The number of aromatic nitrogens is 3. The predicted molar refractivity (Wildman–Crippen MR) is 81.9 cm³/mol. The molecule has 0 N–H and O–H groups in total. The Morgan fingerprint density at radius 3 is 2.90 bits per heavy atom. The molecule has 2 aromatic rings. The van der Waals surface area contributed by atoms with Crippen molar-refractivity contribution in [2.45, 2.75) is 25.8 Å². The number of carbonyl (C=O) groups excluding carboxylic acids is 1. The van der Waals surface area contributed by atoms with Crippen LogP contribution in [0.5, 0.6) is 0 Å². The maximum atomic E-state index is 11.8. The van der Waals surface area contributed by atoms with Crippen molar-refractivity contribution in [3.05, 3.63) is 23.5 Å². The maximum Gasteiger partial charge on any atom is 0.227 e. The fourth-order valence-electron chi connectivity index (χ4n) is 2.85. The number of carbonyl (C=O) groups is 1. The van der Waals surface area contributed by atoms with Crippen molar-refractivity contribution >= 4 is 28.1 Å². The topological polar surface area (TPSA) is 54.3 Å². The summed E-state index contributed by atoms with van der Waals surface area (Å²) >= 11 is 1.69. The van der Waals surface area contributed by atoms with Gasteiger partial charge in [0.1, 0.15) is 0 Å². The van der Waals surface area contributed by atoms with Crippen LogP contribution < -0.4 is 9.80 Å². The quantitative estimate of drug-likeness (QED) is 0.868. The fraction of sp³-hybridized carbons (Fsp3) is 0.500. The zero-order valence-electron chi connectivity index (χ0n) is 11.9. The van der Waals surface area contributed by atoms with Gasteiger partial charge in [0.05, 0.1) is 23.6 Å². The van der Waals surface area contributed by atoms with Gasteiger partial charge >= 0.3 is 0 Å². The molecule has 1 amide bonds. The summed E-state index contributed by atoms with van der Waals surface area (Å²) in [6.07, 6.45) is 5.41. The van der Waals surface area contributed by atoms with Crippen LogP contribution in [0.3, 0.4) is 0 Å². The van der Waals surface area contributed by atoms with E-state index in [0.717, 1.165) is 42.6 Å². The second kappa shape index (κ2) is 4.84. The molecule has 0 radical (unpaired) electrons. The molecule has 0 bridgehead atoms. The van der Waals surface area contributed by atoms with E-state index in [1.165, 1.54) is 0 Å². The number of aryl methyl sites for hydroxylation is 1. The van der Waals surface area contributed by atoms with Crippen LogP contribution in [0.4, 0.5) is 10.8 Å². The van der Waals surface area contributed by atoms with E-state index in [4.69, 9.17) is 0 Å². The molecular formula is C14H17N5OS. The molecule has 2 aromatic heterocycles. The van der Waals surface area contributed by atoms with E-state index in [1.807, 2.05) is 22.7 Å². The molecule has 0 atom stereocenters. The number of thiazole rings is 1. The summed E-state index contributed by atoms with van der Waals surface area (Å²) in [6.45, 7) is 4.70. The van der Waals surface area contributed by atoms with Crippen LogP contribution in [0.1, 0.15) is 24.6 Å². The third-order valence-electron chi connectivity index (χ3n) is 4.09. The highest BCUT2D eigenvalue weighted by molar-refractivity contribution is 7.13. The van der Waals surface area contributed by atoms with Crippen LogP contribution in [0.25, 0.3) is 0 Å². The summed E-state index contributed by atoms with van der Waals surface area (Å²) in [5.41, 5.74) is 2.01. The van der Waals surface area contributed by atoms with Gasteiger partial charge in [0.15, 0.2) is 5.13 Å². The van der Waals surface area contributed by atoms with Crippen LogP contribution in [0, 0.1) is 6.92 Å². The summed E-state index contributed by atoms with van der Waals surface area (Å²) in [5.74, 6) is 0.211. The van der Waals surface area contributed by atoms with Gasteiger partial charge in [-0.15, -0.1) is 11.3 Å². The van der Waals surface area contributed by atoms with Crippen molar-refractivity contribution in [3.8, 4) is 0 Å². The van der Waals surface area contributed by atoms with Gasteiger partial charge in [0.25, 0.3) is 0 Å². The number of rotatable bonds is 3. The zero-order chi connectivity index (χ0) is 14.4. The smallest absolute Gasteiger partial charge is 0.227 e. The second-order valence-corrected chi connectivity index (χ2v) is 6.49. The van der Waals surface area contributed by atoms with E-state index in [2.05, 4.69) is 20.4 Å². The molecule has 4 heterocycles. The van der Waals surface area contributed by atoms with Crippen molar-refractivity contribution in [2.24, 2.45) is 0 Å². The number of anilines is 2. The Hall–Kier alpha value is -1.89. The number of amides is 1. The lowest BCUT2D eigenvalue weighted by molar-refractivity contribution is -0.117. The SMILES string of the molecule is Cc1csc(N2CC(n3cc(N4CCCC4=O)cn3)C2)n1. The molecular weight excluding hydrogens is 286 g/mol. The van der Waals surface area contributed by atoms with Gasteiger partial charge in [-0.3, -0.25) is 9.48 Å². The molecule has 2 aliphatic rings. The normalized spacial score (nSPS) is 19.4. The summed E-state index contributed by atoms with van der Waals surface area (Å²) in [6, 6.07) is 0.376. The van der Waals surface area contributed by atoms with E-state index >= 15 is 0 Å². The van der Waals surface area contributed by atoms with Crippen molar-refractivity contribution in [2.75, 3.05) is 29.4 Å². The first kappa shape index (κ1) is 12.8. The second-order valence-electron chi connectivity index (χ2n) is 5.66.